The Balaban J connectivity index is 1.84. The predicted molar refractivity (Wildman–Crippen MR) is 148 cm³/mol. The van der Waals surface area contributed by atoms with Crippen molar-refractivity contribution in [2.75, 3.05) is 0 Å². The minimum atomic E-state index is 0.608. The molecule has 0 aliphatic heterocycles. The van der Waals surface area contributed by atoms with Gasteiger partial charge in [0.15, 0.2) is 0 Å². The van der Waals surface area contributed by atoms with Crippen LogP contribution in [0.3, 0.4) is 0 Å². The predicted octanol–water partition coefficient (Wildman–Crippen LogP) is 9.76. The molecule has 0 saturated heterocycles. The summed E-state index contributed by atoms with van der Waals surface area (Å²) in [4.78, 5) is 3.32. The monoisotopic (exact) mass is 467 g/mol. The Kier molecular flexibility index (Phi) is 16.6. The highest BCUT2D eigenvalue weighted by atomic mass is 15.1. The van der Waals surface area contributed by atoms with E-state index in [4.69, 9.17) is 0 Å². The van der Waals surface area contributed by atoms with Crippen LogP contribution in [0.25, 0.3) is 0 Å². The minimum absolute atomic E-state index is 0.608. The maximum Gasteiger partial charge on any atom is 0.241 e. The lowest BCUT2D eigenvalue weighted by atomic mass is 9.84. The maximum atomic E-state index is 3.32. The first kappa shape index (κ1) is 28.7. The highest BCUT2D eigenvalue weighted by molar-refractivity contribution is 5.15. The van der Waals surface area contributed by atoms with E-state index in [1.54, 1.807) is 0 Å². The standard InChI is InChI=1S/C32H54N2/c1-3-5-7-9-11-12-13-14-15-20-24-31(28-30-22-18-17-19-23-30)32(34-27-26-33-29-34)25-21-16-10-8-6-4-2/h17-19,22-23,26-27,29,31-32H,3-16,20-21,24-25,28H2,1-2H3/p+1. The number of hydrogen-bond donors (Lipinski definition) is 1. The van der Waals surface area contributed by atoms with E-state index >= 15 is 0 Å². The lowest BCUT2D eigenvalue weighted by molar-refractivity contribution is -0.730. The molecule has 1 aromatic carbocycles. The van der Waals surface area contributed by atoms with E-state index in [0.717, 1.165) is 0 Å². The first-order chi connectivity index (χ1) is 16.8. The normalized spacial score (nSPS) is 13.2. The quantitative estimate of drug-likeness (QED) is 0.131. The molecule has 0 saturated carbocycles. The van der Waals surface area contributed by atoms with Gasteiger partial charge in [-0.1, -0.05) is 140 Å². The number of nitrogens with one attached hydrogen (secondary N) is 1. The third-order valence-electron chi connectivity index (χ3n) is 7.62. The molecule has 2 heteroatoms. The molecule has 2 nitrogen and oxygen atoms in total. The van der Waals surface area contributed by atoms with E-state index in [0.29, 0.717) is 12.0 Å². The Morgan fingerprint density at radius 2 is 1.18 bits per heavy atom. The van der Waals surface area contributed by atoms with Crippen molar-refractivity contribution in [1.29, 1.82) is 0 Å². The molecule has 0 radical (unpaired) electrons. The summed E-state index contributed by atoms with van der Waals surface area (Å²) in [5.41, 5.74) is 1.50. The molecule has 1 N–H and O–H groups in total. The molecule has 192 valence electrons. The van der Waals surface area contributed by atoms with Gasteiger partial charge in [0, 0.05) is 5.92 Å². The number of unbranched alkanes of at least 4 members (excludes halogenated alkanes) is 14. The van der Waals surface area contributed by atoms with Gasteiger partial charge in [-0.2, -0.15) is 0 Å². The second-order valence-electron chi connectivity index (χ2n) is 10.6. The van der Waals surface area contributed by atoms with Crippen molar-refractivity contribution >= 4 is 0 Å². The van der Waals surface area contributed by atoms with Crippen molar-refractivity contribution in [3.63, 3.8) is 0 Å². The van der Waals surface area contributed by atoms with Gasteiger partial charge in [0.05, 0.1) is 0 Å². The number of hydrogen-bond acceptors (Lipinski definition) is 0. The zero-order valence-electron chi connectivity index (χ0n) is 22.7. The van der Waals surface area contributed by atoms with Crippen molar-refractivity contribution in [1.82, 2.24) is 4.98 Å². The largest absolute Gasteiger partial charge is 0.250 e. The van der Waals surface area contributed by atoms with Crippen molar-refractivity contribution in [2.45, 2.75) is 142 Å². The smallest absolute Gasteiger partial charge is 0.241 e. The van der Waals surface area contributed by atoms with Gasteiger partial charge in [0.1, 0.15) is 18.4 Å². The van der Waals surface area contributed by atoms with Crippen LogP contribution in [0.2, 0.25) is 0 Å². The first-order valence-corrected chi connectivity index (χ1v) is 14.9. The number of aromatic nitrogens is 2. The second-order valence-corrected chi connectivity index (χ2v) is 10.6. The number of benzene rings is 1. The fraction of sp³-hybridized carbons (Fsp3) is 0.719. The van der Waals surface area contributed by atoms with E-state index in [-0.39, 0.29) is 0 Å². The summed E-state index contributed by atoms with van der Waals surface area (Å²) in [7, 11) is 0. The fourth-order valence-corrected chi connectivity index (χ4v) is 5.51. The van der Waals surface area contributed by atoms with E-state index in [1.165, 1.54) is 128 Å². The molecule has 2 unspecified atom stereocenters. The van der Waals surface area contributed by atoms with Gasteiger partial charge in [0.2, 0.25) is 6.33 Å². The van der Waals surface area contributed by atoms with Crippen LogP contribution in [0.15, 0.2) is 49.1 Å². The van der Waals surface area contributed by atoms with Crippen molar-refractivity contribution in [3.05, 3.63) is 54.6 Å². The number of imidazole rings is 1. The summed E-state index contributed by atoms with van der Waals surface area (Å²) >= 11 is 0. The summed E-state index contributed by atoms with van der Waals surface area (Å²) in [6.45, 7) is 4.61. The van der Waals surface area contributed by atoms with Gasteiger partial charge in [-0.25, -0.2) is 4.57 Å². The summed E-state index contributed by atoms with van der Waals surface area (Å²) < 4.78 is 2.48. The van der Waals surface area contributed by atoms with E-state index in [1.807, 2.05) is 0 Å². The molecule has 2 atom stereocenters. The number of nitrogens with zero attached hydrogens (tertiary/aromatic N) is 1. The Morgan fingerprint density at radius 1 is 0.647 bits per heavy atom. The summed E-state index contributed by atoms with van der Waals surface area (Å²) in [6, 6.07) is 11.8. The van der Waals surface area contributed by atoms with Gasteiger partial charge >= 0.3 is 0 Å². The number of rotatable bonds is 22. The van der Waals surface area contributed by atoms with E-state index in [2.05, 4.69) is 72.5 Å². The molecule has 0 fully saturated rings. The molecular formula is C32H55N2+. The number of H-pyrrole nitrogens is 1. The van der Waals surface area contributed by atoms with E-state index < -0.39 is 0 Å². The third-order valence-corrected chi connectivity index (χ3v) is 7.62. The van der Waals surface area contributed by atoms with E-state index in [9.17, 15) is 0 Å². The van der Waals surface area contributed by atoms with Crippen LogP contribution in [-0.2, 0) is 6.42 Å². The van der Waals surface area contributed by atoms with Crippen LogP contribution in [0.4, 0.5) is 0 Å². The first-order valence-electron chi connectivity index (χ1n) is 14.9. The topological polar surface area (TPSA) is 19.7 Å². The van der Waals surface area contributed by atoms with Crippen LogP contribution in [0, 0.1) is 5.92 Å². The molecule has 34 heavy (non-hydrogen) atoms. The van der Waals surface area contributed by atoms with Gasteiger partial charge in [-0.15, -0.1) is 0 Å². The summed E-state index contributed by atoms with van der Waals surface area (Å²) in [5, 5.41) is 0. The average Bonchev–Trinajstić information content (AvgIpc) is 3.39. The lowest BCUT2D eigenvalue weighted by Crippen LogP contribution is -2.42. The highest BCUT2D eigenvalue weighted by Crippen LogP contribution is 2.29. The molecule has 0 amide bonds. The molecule has 1 aromatic heterocycles. The molecule has 0 spiro atoms. The maximum absolute atomic E-state index is 3.32. The Hall–Kier alpha value is -1.57. The molecule has 0 bridgehead atoms. The zero-order valence-corrected chi connectivity index (χ0v) is 22.7. The SMILES string of the molecule is CCCCCCCCCCCCC(Cc1ccccc1)C(CCCCCCCC)[n+]1cc[nH]c1. The second kappa shape index (κ2) is 19.7. The Labute approximate surface area is 212 Å². The van der Waals surface area contributed by atoms with Gasteiger partial charge in [-0.3, -0.25) is 4.98 Å². The van der Waals surface area contributed by atoms with Gasteiger partial charge < -0.3 is 0 Å². The minimum Gasteiger partial charge on any atom is -0.250 e. The molecule has 0 aliphatic rings. The van der Waals surface area contributed by atoms with Crippen LogP contribution >= 0.6 is 0 Å². The van der Waals surface area contributed by atoms with Crippen LogP contribution in [-0.4, -0.2) is 4.98 Å². The molecule has 2 rings (SSSR count). The van der Waals surface area contributed by atoms with Crippen molar-refractivity contribution in [2.24, 2.45) is 5.92 Å². The van der Waals surface area contributed by atoms with Crippen LogP contribution < -0.4 is 4.57 Å². The average molecular weight is 468 g/mol. The molecular weight excluding hydrogens is 412 g/mol. The molecule has 0 aliphatic carbocycles. The molecule has 1 heterocycles. The summed E-state index contributed by atoms with van der Waals surface area (Å²) in [5.74, 6) is 0.716. The zero-order chi connectivity index (χ0) is 24.1. The summed E-state index contributed by atoms with van der Waals surface area (Å²) in [6.07, 6.45) is 32.9. The third kappa shape index (κ3) is 12.8. The Bertz CT molecular complexity index is 664. The highest BCUT2D eigenvalue weighted by Gasteiger charge is 2.26. The van der Waals surface area contributed by atoms with Gasteiger partial charge in [-0.05, 0) is 31.2 Å². The fourth-order valence-electron chi connectivity index (χ4n) is 5.51. The van der Waals surface area contributed by atoms with Crippen molar-refractivity contribution in [3.8, 4) is 0 Å². The van der Waals surface area contributed by atoms with Gasteiger partial charge in [0.25, 0.3) is 0 Å². The lowest BCUT2D eigenvalue weighted by Gasteiger charge is -2.25. The Morgan fingerprint density at radius 3 is 1.71 bits per heavy atom. The van der Waals surface area contributed by atoms with Crippen molar-refractivity contribution < 1.29 is 4.57 Å². The number of aromatic amines is 1. The van der Waals surface area contributed by atoms with Crippen LogP contribution in [0.5, 0.6) is 0 Å². The van der Waals surface area contributed by atoms with Crippen LogP contribution in [0.1, 0.15) is 141 Å². The molecule has 2 aromatic rings.